The SMILES string of the molecule is CCC(C)Cn1c(CNC(=O)COC)nc2ccccc21. The molecule has 1 aromatic heterocycles. The van der Waals surface area contributed by atoms with Gasteiger partial charge < -0.3 is 14.6 Å². The number of benzene rings is 1. The molecule has 0 aliphatic heterocycles. The highest BCUT2D eigenvalue weighted by molar-refractivity contribution is 5.78. The van der Waals surface area contributed by atoms with Gasteiger partial charge in [0.1, 0.15) is 12.4 Å². The summed E-state index contributed by atoms with van der Waals surface area (Å²) in [5, 5.41) is 2.85. The molecular formula is C16H23N3O2. The van der Waals surface area contributed by atoms with Crippen molar-refractivity contribution in [2.45, 2.75) is 33.4 Å². The summed E-state index contributed by atoms with van der Waals surface area (Å²) < 4.78 is 7.03. The number of hydrogen-bond acceptors (Lipinski definition) is 3. The second kappa shape index (κ2) is 7.22. The topological polar surface area (TPSA) is 56.2 Å². The Morgan fingerprint density at radius 3 is 2.90 bits per heavy atom. The largest absolute Gasteiger partial charge is 0.375 e. The summed E-state index contributed by atoms with van der Waals surface area (Å²) in [5.41, 5.74) is 2.09. The number of aromatic nitrogens is 2. The number of nitrogens with zero attached hydrogens (tertiary/aromatic N) is 2. The molecule has 1 atom stereocenters. The van der Waals surface area contributed by atoms with Gasteiger partial charge in [-0.2, -0.15) is 0 Å². The fourth-order valence-corrected chi connectivity index (χ4v) is 2.26. The molecule has 0 radical (unpaired) electrons. The molecule has 5 heteroatoms. The molecule has 2 rings (SSSR count). The van der Waals surface area contributed by atoms with Gasteiger partial charge in [0, 0.05) is 13.7 Å². The molecule has 0 spiro atoms. The number of rotatable bonds is 7. The Kier molecular flexibility index (Phi) is 5.33. The maximum absolute atomic E-state index is 11.5. The molecule has 0 fully saturated rings. The van der Waals surface area contributed by atoms with Crippen LogP contribution in [0.4, 0.5) is 0 Å². The summed E-state index contributed by atoms with van der Waals surface area (Å²) in [6, 6.07) is 8.08. The molecule has 21 heavy (non-hydrogen) atoms. The molecule has 1 N–H and O–H groups in total. The molecule has 5 nitrogen and oxygen atoms in total. The third-order valence-electron chi connectivity index (χ3n) is 3.64. The first-order valence-electron chi connectivity index (χ1n) is 7.35. The van der Waals surface area contributed by atoms with Crippen molar-refractivity contribution in [2.75, 3.05) is 13.7 Å². The fourth-order valence-electron chi connectivity index (χ4n) is 2.26. The Morgan fingerprint density at radius 2 is 2.19 bits per heavy atom. The molecule has 0 bridgehead atoms. The van der Waals surface area contributed by atoms with Crippen LogP contribution >= 0.6 is 0 Å². The number of imidazole rings is 1. The van der Waals surface area contributed by atoms with E-state index >= 15 is 0 Å². The molecule has 1 aromatic carbocycles. The lowest BCUT2D eigenvalue weighted by Crippen LogP contribution is -2.28. The number of carbonyl (C=O) groups excluding carboxylic acids is 1. The monoisotopic (exact) mass is 289 g/mol. The number of hydrogen-bond donors (Lipinski definition) is 1. The van der Waals surface area contributed by atoms with Crippen molar-refractivity contribution in [2.24, 2.45) is 5.92 Å². The average molecular weight is 289 g/mol. The number of para-hydroxylation sites is 2. The highest BCUT2D eigenvalue weighted by atomic mass is 16.5. The van der Waals surface area contributed by atoms with Crippen LogP contribution in [0.25, 0.3) is 11.0 Å². The van der Waals surface area contributed by atoms with Crippen LogP contribution in [0.1, 0.15) is 26.1 Å². The summed E-state index contributed by atoms with van der Waals surface area (Å²) in [7, 11) is 1.51. The van der Waals surface area contributed by atoms with E-state index in [4.69, 9.17) is 4.74 Å². The predicted octanol–water partition coefficient (Wildman–Crippen LogP) is 2.34. The first-order chi connectivity index (χ1) is 10.2. The van der Waals surface area contributed by atoms with Crippen LogP contribution in [0.2, 0.25) is 0 Å². The third kappa shape index (κ3) is 3.82. The van der Waals surface area contributed by atoms with Gasteiger partial charge in [-0.25, -0.2) is 4.98 Å². The zero-order valence-electron chi connectivity index (χ0n) is 12.9. The molecule has 1 heterocycles. The van der Waals surface area contributed by atoms with Gasteiger partial charge in [-0.1, -0.05) is 32.4 Å². The van der Waals surface area contributed by atoms with Crippen LogP contribution in [0.15, 0.2) is 24.3 Å². The van der Waals surface area contributed by atoms with Crippen LogP contribution in [-0.2, 0) is 22.6 Å². The minimum atomic E-state index is -0.125. The number of fused-ring (bicyclic) bond motifs is 1. The van der Waals surface area contributed by atoms with E-state index < -0.39 is 0 Å². The van der Waals surface area contributed by atoms with E-state index in [9.17, 15) is 4.79 Å². The average Bonchev–Trinajstić information content (AvgIpc) is 2.83. The number of amides is 1. The lowest BCUT2D eigenvalue weighted by atomic mass is 10.1. The number of nitrogens with one attached hydrogen (secondary N) is 1. The van der Waals surface area contributed by atoms with Crippen LogP contribution in [-0.4, -0.2) is 29.2 Å². The second-order valence-electron chi connectivity index (χ2n) is 5.35. The van der Waals surface area contributed by atoms with Gasteiger partial charge in [-0.15, -0.1) is 0 Å². The van der Waals surface area contributed by atoms with Crippen molar-refractivity contribution in [1.29, 1.82) is 0 Å². The summed E-state index contributed by atoms with van der Waals surface area (Å²) >= 11 is 0. The van der Waals surface area contributed by atoms with Crippen molar-refractivity contribution in [3.63, 3.8) is 0 Å². The van der Waals surface area contributed by atoms with Gasteiger partial charge in [0.25, 0.3) is 0 Å². The minimum Gasteiger partial charge on any atom is -0.375 e. The smallest absolute Gasteiger partial charge is 0.246 e. The Morgan fingerprint density at radius 1 is 1.43 bits per heavy atom. The van der Waals surface area contributed by atoms with E-state index in [2.05, 4.69) is 34.8 Å². The summed E-state index contributed by atoms with van der Waals surface area (Å²) in [6.45, 7) is 5.82. The number of methoxy groups -OCH3 is 1. The van der Waals surface area contributed by atoms with Gasteiger partial charge >= 0.3 is 0 Å². The Labute approximate surface area is 125 Å². The Balaban J connectivity index is 2.24. The maximum atomic E-state index is 11.5. The molecule has 0 aliphatic rings. The van der Waals surface area contributed by atoms with Crippen LogP contribution in [0, 0.1) is 5.92 Å². The first-order valence-corrected chi connectivity index (χ1v) is 7.35. The Hall–Kier alpha value is -1.88. The number of carbonyl (C=O) groups is 1. The highest BCUT2D eigenvalue weighted by Crippen LogP contribution is 2.18. The van der Waals surface area contributed by atoms with E-state index in [0.717, 1.165) is 29.8 Å². The maximum Gasteiger partial charge on any atom is 0.246 e. The third-order valence-corrected chi connectivity index (χ3v) is 3.64. The predicted molar refractivity (Wildman–Crippen MR) is 82.9 cm³/mol. The summed E-state index contributed by atoms with van der Waals surface area (Å²) in [4.78, 5) is 16.2. The molecule has 1 amide bonds. The van der Waals surface area contributed by atoms with Crippen molar-refractivity contribution in [3.05, 3.63) is 30.1 Å². The summed E-state index contributed by atoms with van der Waals surface area (Å²) in [6.07, 6.45) is 1.11. The highest BCUT2D eigenvalue weighted by Gasteiger charge is 2.13. The molecule has 0 aliphatic carbocycles. The molecule has 0 saturated heterocycles. The Bertz CT molecular complexity index is 607. The minimum absolute atomic E-state index is 0.0750. The first kappa shape index (κ1) is 15.5. The van der Waals surface area contributed by atoms with Gasteiger partial charge in [0.2, 0.25) is 5.91 Å². The van der Waals surface area contributed by atoms with Gasteiger partial charge in [-0.3, -0.25) is 4.79 Å². The van der Waals surface area contributed by atoms with Crippen molar-refractivity contribution in [3.8, 4) is 0 Å². The standard InChI is InChI=1S/C16H23N3O2/c1-4-12(2)10-19-14-8-6-5-7-13(14)18-15(19)9-17-16(20)11-21-3/h5-8,12H,4,9-11H2,1-3H3,(H,17,20). The van der Waals surface area contributed by atoms with Gasteiger partial charge in [-0.05, 0) is 18.1 Å². The normalized spacial score (nSPS) is 12.5. The molecular weight excluding hydrogens is 266 g/mol. The quantitative estimate of drug-likeness (QED) is 0.851. The molecule has 2 aromatic rings. The lowest BCUT2D eigenvalue weighted by Gasteiger charge is -2.14. The van der Waals surface area contributed by atoms with Crippen molar-refractivity contribution < 1.29 is 9.53 Å². The van der Waals surface area contributed by atoms with E-state index in [1.165, 1.54) is 7.11 Å². The zero-order valence-corrected chi connectivity index (χ0v) is 12.9. The van der Waals surface area contributed by atoms with E-state index in [-0.39, 0.29) is 12.5 Å². The van der Waals surface area contributed by atoms with Crippen LogP contribution < -0.4 is 5.32 Å². The zero-order chi connectivity index (χ0) is 15.2. The van der Waals surface area contributed by atoms with Crippen LogP contribution in [0.5, 0.6) is 0 Å². The lowest BCUT2D eigenvalue weighted by molar-refractivity contribution is -0.124. The van der Waals surface area contributed by atoms with E-state index in [1.54, 1.807) is 0 Å². The van der Waals surface area contributed by atoms with E-state index in [1.807, 2.05) is 18.2 Å². The molecule has 1 unspecified atom stereocenters. The number of ether oxygens (including phenoxy) is 1. The second-order valence-corrected chi connectivity index (χ2v) is 5.35. The van der Waals surface area contributed by atoms with Gasteiger partial charge in [0.15, 0.2) is 0 Å². The summed E-state index contributed by atoms with van der Waals surface area (Å²) in [5.74, 6) is 1.33. The van der Waals surface area contributed by atoms with E-state index in [0.29, 0.717) is 12.5 Å². The molecule has 114 valence electrons. The van der Waals surface area contributed by atoms with Crippen molar-refractivity contribution in [1.82, 2.24) is 14.9 Å². The fraction of sp³-hybridized carbons (Fsp3) is 0.500. The molecule has 0 saturated carbocycles. The van der Waals surface area contributed by atoms with Crippen molar-refractivity contribution >= 4 is 16.9 Å². The van der Waals surface area contributed by atoms with Crippen LogP contribution in [0.3, 0.4) is 0 Å². The van der Waals surface area contributed by atoms with Gasteiger partial charge in [0.05, 0.1) is 17.6 Å².